The quantitative estimate of drug-likeness (QED) is 0.496. The van der Waals surface area contributed by atoms with Gasteiger partial charge in [-0.1, -0.05) is 0 Å². The second-order valence-electron chi connectivity index (χ2n) is 4.15. The zero-order valence-electron chi connectivity index (χ0n) is 10.9. The van der Waals surface area contributed by atoms with E-state index in [1.807, 2.05) is 13.8 Å². The lowest BCUT2D eigenvalue weighted by molar-refractivity contribution is -0.0262. The fourth-order valence-electron chi connectivity index (χ4n) is 1.13. The molecule has 0 bridgehead atoms. The first kappa shape index (κ1) is 16.8. The molecule has 1 unspecified atom stereocenters. The minimum atomic E-state index is -0.597. The van der Waals surface area contributed by atoms with Crippen molar-refractivity contribution in [2.75, 3.05) is 39.6 Å². The van der Waals surface area contributed by atoms with Crippen molar-refractivity contribution in [1.29, 1.82) is 0 Å². The van der Waals surface area contributed by atoms with Gasteiger partial charge in [0.2, 0.25) is 0 Å². The van der Waals surface area contributed by atoms with Gasteiger partial charge >= 0.3 is 0 Å². The molecule has 0 saturated heterocycles. The summed E-state index contributed by atoms with van der Waals surface area (Å²) in [7, 11) is 0. The predicted molar refractivity (Wildman–Crippen MR) is 65.1 cm³/mol. The van der Waals surface area contributed by atoms with Gasteiger partial charge in [0.15, 0.2) is 0 Å². The van der Waals surface area contributed by atoms with Crippen molar-refractivity contribution >= 4 is 0 Å². The van der Waals surface area contributed by atoms with Crippen molar-refractivity contribution in [1.82, 2.24) is 0 Å². The van der Waals surface area contributed by atoms with Gasteiger partial charge in [0, 0.05) is 26.4 Å². The maximum absolute atomic E-state index is 9.45. The van der Waals surface area contributed by atoms with Gasteiger partial charge in [0.25, 0.3) is 0 Å². The highest BCUT2D eigenvalue weighted by Gasteiger charge is 2.04. The largest absolute Gasteiger partial charge is 0.396 e. The van der Waals surface area contributed by atoms with Gasteiger partial charge in [-0.05, 0) is 26.7 Å². The van der Waals surface area contributed by atoms with Crippen LogP contribution in [-0.2, 0) is 14.2 Å². The Hall–Kier alpha value is -0.200. The molecule has 0 aromatic heterocycles. The highest BCUT2D eigenvalue weighted by atomic mass is 16.5. The number of hydrogen-bond donors (Lipinski definition) is 2. The summed E-state index contributed by atoms with van der Waals surface area (Å²) >= 11 is 0. The SMILES string of the molecule is CC(C)OCCCOCC(O)COCCCO. The normalized spacial score (nSPS) is 13.2. The standard InChI is InChI=1S/C12H26O5/c1-11(2)17-8-4-7-16-10-12(14)9-15-6-3-5-13/h11-14H,3-10H2,1-2H3. The predicted octanol–water partition coefficient (Wildman–Crippen LogP) is 0.578. The molecule has 17 heavy (non-hydrogen) atoms. The summed E-state index contributed by atoms with van der Waals surface area (Å²) in [5.74, 6) is 0. The molecule has 0 amide bonds. The summed E-state index contributed by atoms with van der Waals surface area (Å²) in [6.45, 7) is 6.37. The van der Waals surface area contributed by atoms with Crippen molar-refractivity contribution in [2.24, 2.45) is 0 Å². The van der Waals surface area contributed by atoms with E-state index in [2.05, 4.69) is 0 Å². The molecule has 0 radical (unpaired) electrons. The summed E-state index contributed by atoms with van der Waals surface area (Å²) in [5, 5.41) is 18.0. The van der Waals surface area contributed by atoms with E-state index in [0.717, 1.165) is 6.42 Å². The molecule has 0 aromatic carbocycles. The molecule has 0 fully saturated rings. The zero-order valence-corrected chi connectivity index (χ0v) is 10.9. The minimum absolute atomic E-state index is 0.114. The molecule has 0 spiro atoms. The van der Waals surface area contributed by atoms with Crippen LogP contribution in [0.4, 0.5) is 0 Å². The monoisotopic (exact) mass is 250 g/mol. The molecular formula is C12H26O5. The molecule has 2 N–H and O–H groups in total. The van der Waals surface area contributed by atoms with Crippen LogP contribution in [0.25, 0.3) is 0 Å². The lowest BCUT2D eigenvalue weighted by atomic mass is 10.4. The van der Waals surface area contributed by atoms with E-state index in [0.29, 0.717) is 26.2 Å². The van der Waals surface area contributed by atoms with E-state index in [1.54, 1.807) is 0 Å². The Kier molecular flexibility index (Phi) is 12.1. The molecule has 0 aliphatic heterocycles. The van der Waals surface area contributed by atoms with Crippen molar-refractivity contribution in [2.45, 2.75) is 38.9 Å². The number of rotatable bonds is 12. The first-order chi connectivity index (χ1) is 8.16. The van der Waals surface area contributed by atoms with Crippen LogP contribution < -0.4 is 0 Å². The van der Waals surface area contributed by atoms with Crippen LogP contribution in [0, 0.1) is 0 Å². The van der Waals surface area contributed by atoms with Crippen LogP contribution >= 0.6 is 0 Å². The van der Waals surface area contributed by atoms with Gasteiger partial charge in [-0.15, -0.1) is 0 Å². The van der Waals surface area contributed by atoms with E-state index in [-0.39, 0.29) is 25.9 Å². The Morgan fingerprint density at radius 1 is 0.941 bits per heavy atom. The molecule has 0 aliphatic carbocycles. The highest BCUT2D eigenvalue weighted by molar-refractivity contribution is 4.51. The molecule has 0 rings (SSSR count). The van der Waals surface area contributed by atoms with Crippen LogP contribution in [0.2, 0.25) is 0 Å². The third-order valence-corrected chi connectivity index (χ3v) is 1.95. The lowest BCUT2D eigenvalue weighted by Crippen LogP contribution is -2.22. The Labute approximate surface area is 104 Å². The maximum Gasteiger partial charge on any atom is 0.101 e. The average Bonchev–Trinajstić information content (AvgIpc) is 2.29. The average molecular weight is 250 g/mol. The molecule has 5 heteroatoms. The lowest BCUT2D eigenvalue weighted by Gasteiger charge is -2.12. The third-order valence-electron chi connectivity index (χ3n) is 1.95. The van der Waals surface area contributed by atoms with E-state index < -0.39 is 6.10 Å². The van der Waals surface area contributed by atoms with Crippen LogP contribution in [0.15, 0.2) is 0 Å². The summed E-state index contributed by atoms with van der Waals surface area (Å²) in [6, 6.07) is 0. The van der Waals surface area contributed by atoms with Gasteiger partial charge in [0.1, 0.15) is 6.10 Å². The van der Waals surface area contributed by atoms with Gasteiger partial charge in [-0.2, -0.15) is 0 Å². The van der Waals surface area contributed by atoms with Crippen molar-refractivity contribution in [3.8, 4) is 0 Å². The first-order valence-corrected chi connectivity index (χ1v) is 6.22. The number of hydrogen-bond acceptors (Lipinski definition) is 5. The van der Waals surface area contributed by atoms with Crippen molar-refractivity contribution < 1.29 is 24.4 Å². The third kappa shape index (κ3) is 13.7. The second kappa shape index (κ2) is 12.3. The molecule has 0 heterocycles. The molecule has 0 aliphatic rings. The number of aliphatic hydroxyl groups is 2. The van der Waals surface area contributed by atoms with Crippen LogP contribution in [-0.4, -0.2) is 62.1 Å². The van der Waals surface area contributed by atoms with Gasteiger partial charge in [0.05, 0.1) is 19.3 Å². The smallest absolute Gasteiger partial charge is 0.101 e. The van der Waals surface area contributed by atoms with E-state index in [4.69, 9.17) is 19.3 Å². The molecular weight excluding hydrogens is 224 g/mol. The Bertz CT molecular complexity index is 152. The molecule has 1 atom stereocenters. The van der Waals surface area contributed by atoms with Crippen molar-refractivity contribution in [3.63, 3.8) is 0 Å². The Morgan fingerprint density at radius 3 is 2.06 bits per heavy atom. The van der Waals surface area contributed by atoms with Crippen molar-refractivity contribution in [3.05, 3.63) is 0 Å². The van der Waals surface area contributed by atoms with E-state index in [1.165, 1.54) is 0 Å². The Morgan fingerprint density at radius 2 is 1.53 bits per heavy atom. The maximum atomic E-state index is 9.45. The fraction of sp³-hybridized carbons (Fsp3) is 1.00. The minimum Gasteiger partial charge on any atom is -0.396 e. The zero-order chi connectivity index (χ0) is 12.9. The van der Waals surface area contributed by atoms with Crippen LogP contribution in [0.5, 0.6) is 0 Å². The van der Waals surface area contributed by atoms with Crippen LogP contribution in [0.3, 0.4) is 0 Å². The number of aliphatic hydroxyl groups excluding tert-OH is 2. The topological polar surface area (TPSA) is 68.2 Å². The highest BCUT2D eigenvalue weighted by Crippen LogP contribution is 1.93. The summed E-state index contributed by atoms with van der Waals surface area (Å²) in [6.07, 6.45) is 1.08. The van der Waals surface area contributed by atoms with E-state index in [9.17, 15) is 5.11 Å². The number of ether oxygens (including phenoxy) is 3. The molecule has 0 aromatic rings. The summed E-state index contributed by atoms with van der Waals surface area (Å²) < 4.78 is 15.8. The molecule has 0 saturated carbocycles. The molecule has 104 valence electrons. The van der Waals surface area contributed by atoms with Gasteiger partial charge < -0.3 is 24.4 Å². The van der Waals surface area contributed by atoms with Crippen LogP contribution in [0.1, 0.15) is 26.7 Å². The Balaban J connectivity index is 3.13. The van der Waals surface area contributed by atoms with Gasteiger partial charge in [-0.25, -0.2) is 0 Å². The van der Waals surface area contributed by atoms with E-state index >= 15 is 0 Å². The molecule has 5 nitrogen and oxygen atoms in total. The summed E-state index contributed by atoms with van der Waals surface area (Å²) in [5.41, 5.74) is 0. The first-order valence-electron chi connectivity index (χ1n) is 6.22. The fourth-order valence-corrected chi connectivity index (χ4v) is 1.13. The second-order valence-corrected chi connectivity index (χ2v) is 4.15. The van der Waals surface area contributed by atoms with Gasteiger partial charge in [-0.3, -0.25) is 0 Å². The summed E-state index contributed by atoms with van der Waals surface area (Å²) in [4.78, 5) is 0.